The van der Waals surface area contributed by atoms with Gasteiger partial charge >= 0.3 is 0 Å². The number of aryl methyl sites for hydroxylation is 2. The van der Waals surface area contributed by atoms with Crippen molar-refractivity contribution >= 4 is 128 Å². The Hall–Kier alpha value is -11.9. The lowest BCUT2D eigenvalue weighted by atomic mass is 9.86. The summed E-state index contributed by atoms with van der Waals surface area (Å²) in [5, 5.41) is 12.9. The van der Waals surface area contributed by atoms with Crippen molar-refractivity contribution in [1.82, 2.24) is 13.7 Å². The molecule has 0 aliphatic heterocycles. The lowest BCUT2D eigenvalue weighted by molar-refractivity contribution is 0.970. The van der Waals surface area contributed by atoms with Gasteiger partial charge in [-0.05, 0) is 194 Å². The minimum absolute atomic E-state index is 0.903. The molecule has 5 heteroatoms. The highest BCUT2D eigenvalue weighted by molar-refractivity contribution is 7.26. The Morgan fingerprint density at radius 1 is 0.206 bits per heavy atom. The lowest BCUT2D eigenvalue weighted by Gasteiger charge is -2.18. The van der Waals surface area contributed by atoms with Gasteiger partial charge in [0, 0.05) is 89.7 Å². The normalized spacial score (nSPS) is 12.5. The van der Waals surface area contributed by atoms with Crippen LogP contribution in [0.3, 0.4) is 0 Å². The van der Waals surface area contributed by atoms with Gasteiger partial charge in [0.2, 0.25) is 0 Å². The Balaban J connectivity index is 0.854. The molecule has 0 saturated heterocycles. The van der Waals surface area contributed by atoms with Gasteiger partial charge in [-0.25, -0.2) is 0 Å². The minimum atomic E-state index is 0.903. The number of fused-ring (bicyclic) bond motifs is 12. The number of thiophene rings is 2. The molecule has 5 aromatic heterocycles. The van der Waals surface area contributed by atoms with Crippen LogP contribution in [0, 0.1) is 0 Å². The molecule has 0 spiro atoms. The number of aromatic nitrogens is 3. The molecule has 1 aliphatic rings. The van der Waals surface area contributed by atoms with Crippen molar-refractivity contribution in [3.8, 4) is 83.8 Å². The molecule has 21 rings (SSSR count). The van der Waals surface area contributed by atoms with E-state index in [9.17, 15) is 0 Å². The summed E-state index contributed by atoms with van der Waals surface area (Å²) in [6.07, 6.45) is 1.81. The summed E-state index contributed by atoms with van der Waals surface area (Å²) >= 11 is 3.80. The zero-order valence-electron chi connectivity index (χ0n) is 52.7. The number of benzene rings is 15. The molecule has 0 saturated carbocycles. The van der Waals surface area contributed by atoms with Crippen LogP contribution in [0.5, 0.6) is 0 Å². The van der Waals surface area contributed by atoms with E-state index in [1.54, 1.807) is 0 Å². The van der Waals surface area contributed by atoms with Crippen molar-refractivity contribution in [2.45, 2.75) is 12.8 Å². The molecule has 0 N–H and O–H groups in total. The highest BCUT2D eigenvalue weighted by atomic mass is 32.1. The van der Waals surface area contributed by atoms with Gasteiger partial charge in [-0.1, -0.05) is 218 Å². The summed E-state index contributed by atoms with van der Waals surface area (Å²) in [5.41, 5.74) is 27.7. The van der Waals surface area contributed by atoms with Gasteiger partial charge in [0.1, 0.15) is 0 Å². The molecule has 0 atom stereocenters. The lowest BCUT2D eigenvalue weighted by Crippen LogP contribution is -2.01. The Kier molecular flexibility index (Phi) is 12.0. The highest BCUT2D eigenvalue weighted by Gasteiger charge is 2.27. The van der Waals surface area contributed by atoms with E-state index < -0.39 is 0 Å². The third kappa shape index (κ3) is 8.45. The van der Waals surface area contributed by atoms with E-state index in [0.717, 1.165) is 29.9 Å². The van der Waals surface area contributed by atoms with Crippen molar-refractivity contribution in [2.24, 2.45) is 0 Å². The maximum atomic E-state index is 2.64. The van der Waals surface area contributed by atoms with Crippen LogP contribution in [0.4, 0.5) is 0 Å². The first kappa shape index (κ1) is 54.5. The fraction of sp³-hybridized carbons (Fsp3) is 0.0217. The fourth-order valence-electron chi connectivity index (χ4n) is 16.5. The first-order chi connectivity index (χ1) is 48.1. The molecule has 0 amide bonds. The van der Waals surface area contributed by atoms with Crippen LogP contribution in [-0.2, 0) is 12.8 Å². The number of para-hydroxylation sites is 4. The van der Waals surface area contributed by atoms with Crippen molar-refractivity contribution < 1.29 is 0 Å². The monoisotopic (exact) mass is 1270 g/mol. The second-order valence-electron chi connectivity index (χ2n) is 26.2. The molecule has 1 aliphatic carbocycles. The van der Waals surface area contributed by atoms with E-state index in [2.05, 4.69) is 335 Å². The molecule has 0 bridgehead atoms. The Labute approximate surface area is 567 Å². The molecule has 97 heavy (non-hydrogen) atoms. The smallest absolute Gasteiger partial charge is 0.0550 e. The van der Waals surface area contributed by atoms with Crippen LogP contribution in [0.25, 0.3) is 190 Å². The van der Waals surface area contributed by atoms with Gasteiger partial charge in [-0.3, -0.25) is 0 Å². The summed E-state index contributed by atoms with van der Waals surface area (Å²) in [4.78, 5) is 0. The Bertz CT molecular complexity index is 6180. The molecule has 0 radical (unpaired) electrons. The predicted molar refractivity (Wildman–Crippen MR) is 415 cm³/mol. The number of rotatable bonds is 9. The van der Waals surface area contributed by atoms with Gasteiger partial charge < -0.3 is 13.7 Å². The summed E-state index contributed by atoms with van der Waals surface area (Å²) in [6.45, 7) is 0. The molecular formula is C92H57N3S2. The molecule has 3 nitrogen and oxygen atoms in total. The first-order valence-corrected chi connectivity index (χ1v) is 35.2. The van der Waals surface area contributed by atoms with Gasteiger partial charge in [0.25, 0.3) is 0 Å². The number of hydrogen-bond acceptors (Lipinski definition) is 2. The predicted octanol–water partition coefficient (Wildman–Crippen LogP) is 25.8. The van der Waals surface area contributed by atoms with Crippen LogP contribution in [0.1, 0.15) is 11.1 Å². The van der Waals surface area contributed by atoms with Gasteiger partial charge in [-0.2, -0.15) is 0 Å². The van der Waals surface area contributed by atoms with Crippen LogP contribution in [-0.4, -0.2) is 13.7 Å². The largest absolute Gasteiger partial charge is 0.309 e. The molecule has 452 valence electrons. The van der Waals surface area contributed by atoms with E-state index in [1.807, 2.05) is 22.7 Å². The van der Waals surface area contributed by atoms with E-state index in [4.69, 9.17) is 0 Å². The maximum Gasteiger partial charge on any atom is 0.0550 e. The molecule has 15 aromatic carbocycles. The van der Waals surface area contributed by atoms with E-state index in [-0.39, 0.29) is 0 Å². The zero-order chi connectivity index (χ0) is 63.4. The standard InChI is InChI=1S/C92H57N3S2/c1-3-21-56(22-4-1)60-45-61(57-23-5-2-6-24-57)49-68(48-60)95-85-54-64(62-46-66(71-31-19-33-79-77-29-11-17-39-87(77)96-91(71)79)52-69(50-62)93-81-35-13-7-25-73(81)74-26-8-14-36-82(74)93)43-58-41-42-59-44-65(55-86(95)90(59)89(58)85)63-47-67(72-32-20-34-80-78-30-12-18-40-88(78)97-92(72)80)53-70(51-63)94-83-37-15-9-27-75(83)76-28-10-16-38-84(76)94/h1-40,43-55H,41-42H2. The van der Waals surface area contributed by atoms with E-state index in [1.165, 1.54) is 184 Å². The number of hydrogen-bond donors (Lipinski definition) is 0. The second-order valence-corrected chi connectivity index (χ2v) is 28.3. The third-order valence-corrected chi connectivity index (χ3v) is 23.2. The molecule has 5 heterocycles. The molecule has 0 fully saturated rings. The molecule has 0 unspecified atom stereocenters. The summed E-state index contributed by atoms with van der Waals surface area (Å²) < 4.78 is 12.9. The zero-order valence-corrected chi connectivity index (χ0v) is 54.3. The summed E-state index contributed by atoms with van der Waals surface area (Å²) in [5.74, 6) is 0. The maximum absolute atomic E-state index is 2.64. The van der Waals surface area contributed by atoms with Crippen LogP contribution in [0.2, 0.25) is 0 Å². The summed E-state index contributed by atoms with van der Waals surface area (Å²) in [7, 11) is 0. The topological polar surface area (TPSA) is 14.8 Å². The minimum Gasteiger partial charge on any atom is -0.309 e. The molecule has 20 aromatic rings. The van der Waals surface area contributed by atoms with Crippen molar-refractivity contribution in [1.29, 1.82) is 0 Å². The Morgan fingerprint density at radius 3 is 0.907 bits per heavy atom. The third-order valence-electron chi connectivity index (χ3n) is 20.8. The quantitative estimate of drug-likeness (QED) is 0.137. The SMILES string of the molecule is c1ccc(-c2cc(-c3ccccc3)cc(-n3c4cc(-c5cc(-c6cccc7c6sc6ccccc67)cc(-n6c7ccccc7c7ccccc76)c5)cc5c4c4c(cc(-c6cc(-c7cccc8c7sc7ccccc78)cc(-n7c8ccccc8c8ccccc87)c6)cc43)CC5)c2)cc1. The highest BCUT2D eigenvalue weighted by Crippen LogP contribution is 2.49. The fourth-order valence-corrected chi connectivity index (χ4v) is 19.0. The molecular weight excluding hydrogens is 1210 g/mol. The van der Waals surface area contributed by atoms with Crippen molar-refractivity contribution in [3.63, 3.8) is 0 Å². The van der Waals surface area contributed by atoms with E-state index >= 15 is 0 Å². The van der Waals surface area contributed by atoms with Crippen LogP contribution < -0.4 is 0 Å². The van der Waals surface area contributed by atoms with Crippen LogP contribution >= 0.6 is 22.7 Å². The van der Waals surface area contributed by atoms with Gasteiger partial charge in [0.05, 0.1) is 33.1 Å². The summed E-state index contributed by atoms with van der Waals surface area (Å²) in [6, 6.07) is 121. The second kappa shape index (κ2) is 21.3. The number of nitrogens with zero attached hydrogens (tertiary/aromatic N) is 3. The average molecular weight is 1270 g/mol. The van der Waals surface area contributed by atoms with Gasteiger partial charge in [-0.15, -0.1) is 22.7 Å². The van der Waals surface area contributed by atoms with Crippen molar-refractivity contribution in [3.05, 3.63) is 333 Å². The Morgan fingerprint density at radius 2 is 0.505 bits per heavy atom. The first-order valence-electron chi connectivity index (χ1n) is 33.6. The van der Waals surface area contributed by atoms with E-state index in [0.29, 0.717) is 0 Å². The van der Waals surface area contributed by atoms with Crippen LogP contribution in [0.15, 0.2) is 322 Å². The van der Waals surface area contributed by atoms with Crippen molar-refractivity contribution in [2.75, 3.05) is 0 Å². The van der Waals surface area contributed by atoms with Gasteiger partial charge in [0.15, 0.2) is 0 Å². The average Bonchev–Trinajstić information content (AvgIpc) is 1.58.